The number of rotatable bonds is 3. The zero-order valence-electron chi connectivity index (χ0n) is 10.3. The van der Waals surface area contributed by atoms with Crippen LogP contribution in [0.3, 0.4) is 0 Å². The van der Waals surface area contributed by atoms with E-state index in [0.717, 1.165) is 23.1 Å². The Morgan fingerprint density at radius 3 is 2.78 bits per heavy atom. The molecule has 5 heteroatoms. The van der Waals surface area contributed by atoms with Crippen molar-refractivity contribution < 1.29 is 9.53 Å². The van der Waals surface area contributed by atoms with Crippen molar-refractivity contribution in [1.29, 1.82) is 0 Å². The fourth-order valence-corrected chi connectivity index (χ4v) is 2.17. The molecule has 1 unspecified atom stereocenters. The Balaban J connectivity index is 1.84. The number of carbonyl (C=O) groups is 1. The summed E-state index contributed by atoms with van der Waals surface area (Å²) in [7, 11) is 0. The fourth-order valence-electron chi connectivity index (χ4n) is 1.91. The molecule has 18 heavy (non-hydrogen) atoms. The van der Waals surface area contributed by atoms with Crippen LogP contribution in [0.1, 0.15) is 24.9 Å². The molecule has 2 amide bonds. The van der Waals surface area contributed by atoms with Crippen molar-refractivity contribution in [3.63, 3.8) is 0 Å². The van der Waals surface area contributed by atoms with E-state index in [1.165, 1.54) is 0 Å². The van der Waals surface area contributed by atoms with Crippen molar-refractivity contribution in [3.05, 3.63) is 34.3 Å². The second kappa shape index (κ2) is 6.20. The molecule has 1 aromatic carbocycles. The van der Waals surface area contributed by atoms with Crippen molar-refractivity contribution in [2.45, 2.75) is 25.4 Å². The molecule has 98 valence electrons. The van der Waals surface area contributed by atoms with Gasteiger partial charge in [0.25, 0.3) is 0 Å². The topological polar surface area (TPSA) is 50.4 Å². The molecular formula is C13H17BrN2O2. The Kier molecular flexibility index (Phi) is 4.60. The third-order valence-electron chi connectivity index (χ3n) is 2.98. The Bertz CT molecular complexity index is 402. The summed E-state index contributed by atoms with van der Waals surface area (Å²) >= 11 is 3.39. The number of hydrogen-bond acceptors (Lipinski definition) is 2. The van der Waals surface area contributed by atoms with Gasteiger partial charge in [-0.25, -0.2) is 4.79 Å². The summed E-state index contributed by atoms with van der Waals surface area (Å²) in [4.78, 5) is 11.8. The third kappa shape index (κ3) is 3.71. The van der Waals surface area contributed by atoms with Crippen LogP contribution in [0.2, 0.25) is 0 Å². The van der Waals surface area contributed by atoms with Gasteiger partial charge < -0.3 is 15.4 Å². The molecule has 2 atom stereocenters. The molecule has 4 nitrogen and oxygen atoms in total. The number of ether oxygens (including phenoxy) is 1. The van der Waals surface area contributed by atoms with E-state index in [4.69, 9.17) is 4.74 Å². The monoisotopic (exact) mass is 312 g/mol. The molecule has 0 aromatic heterocycles. The largest absolute Gasteiger partial charge is 0.379 e. The van der Waals surface area contributed by atoms with Crippen LogP contribution >= 0.6 is 15.9 Å². The maximum atomic E-state index is 11.8. The molecule has 0 aliphatic carbocycles. The summed E-state index contributed by atoms with van der Waals surface area (Å²) in [5.74, 6) is 0. The molecule has 1 aliphatic rings. The summed E-state index contributed by atoms with van der Waals surface area (Å²) in [5, 5.41) is 5.83. The van der Waals surface area contributed by atoms with Gasteiger partial charge in [-0.2, -0.15) is 0 Å². The van der Waals surface area contributed by atoms with E-state index in [1.807, 2.05) is 31.2 Å². The lowest BCUT2D eigenvalue weighted by Crippen LogP contribution is -2.43. The van der Waals surface area contributed by atoms with Gasteiger partial charge in [-0.3, -0.25) is 0 Å². The van der Waals surface area contributed by atoms with Crippen LogP contribution in [-0.2, 0) is 4.74 Å². The van der Waals surface area contributed by atoms with E-state index in [0.29, 0.717) is 6.61 Å². The Hall–Kier alpha value is -1.07. The quantitative estimate of drug-likeness (QED) is 0.901. The number of amides is 2. The van der Waals surface area contributed by atoms with Crippen LogP contribution < -0.4 is 10.6 Å². The number of nitrogens with one attached hydrogen (secondary N) is 2. The van der Waals surface area contributed by atoms with Gasteiger partial charge in [0.15, 0.2) is 0 Å². The highest BCUT2D eigenvalue weighted by Crippen LogP contribution is 2.16. The lowest BCUT2D eigenvalue weighted by Gasteiger charge is -2.17. The van der Waals surface area contributed by atoms with Gasteiger partial charge in [0.05, 0.1) is 18.7 Å². The van der Waals surface area contributed by atoms with Gasteiger partial charge >= 0.3 is 6.03 Å². The van der Waals surface area contributed by atoms with Crippen LogP contribution in [-0.4, -0.2) is 25.3 Å². The van der Waals surface area contributed by atoms with E-state index < -0.39 is 0 Å². The first-order valence-electron chi connectivity index (χ1n) is 6.05. The SMILES string of the molecule is C[C@H](NC(=O)NC1CCOC1)c1ccc(Br)cc1. The highest BCUT2D eigenvalue weighted by atomic mass is 79.9. The third-order valence-corrected chi connectivity index (χ3v) is 3.51. The molecule has 2 N–H and O–H groups in total. The van der Waals surface area contributed by atoms with Gasteiger partial charge in [-0.1, -0.05) is 28.1 Å². The second-order valence-corrected chi connectivity index (χ2v) is 5.37. The Morgan fingerprint density at radius 1 is 1.44 bits per heavy atom. The maximum absolute atomic E-state index is 11.8. The van der Waals surface area contributed by atoms with Gasteiger partial charge in [0.1, 0.15) is 0 Å². The summed E-state index contributed by atoms with van der Waals surface area (Å²) in [6.07, 6.45) is 0.889. The molecule has 0 bridgehead atoms. The van der Waals surface area contributed by atoms with Crippen LogP contribution in [0.25, 0.3) is 0 Å². The number of urea groups is 1. The zero-order chi connectivity index (χ0) is 13.0. The smallest absolute Gasteiger partial charge is 0.315 e. The normalized spacial score (nSPS) is 20.4. The summed E-state index contributed by atoms with van der Waals surface area (Å²) in [6.45, 7) is 3.31. The minimum atomic E-state index is -0.138. The molecule has 0 radical (unpaired) electrons. The molecule has 0 saturated carbocycles. The van der Waals surface area contributed by atoms with E-state index in [-0.39, 0.29) is 18.1 Å². The van der Waals surface area contributed by atoms with Crippen LogP contribution in [0, 0.1) is 0 Å². The maximum Gasteiger partial charge on any atom is 0.315 e. The minimum absolute atomic E-state index is 0.0135. The fraction of sp³-hybridized carbons (Fsp3) is 0.462. The van der Waals surface area contributed by atoms with E-state index in [9.17, 15) is 4.79 Å². The summed E-state index contributed by atoms with van der Waals surface area (Å²) in [6, 6.07) is 7.91. The van der Waals surface area contributed by atoms with Crippen molar-refractivity contribution in [3.8, 4) is 0 Å². The minimum Gasteiger partial charge on any atom is -0.379 e. The van der Waals surface area contributed by atoms with Crippen LogP contribution in [0.5, 0.6) is 0 Å². The van der Waals surface area contributed by atoms with Gasteiger partial charge in [-0.05, 0) is 31.0 Å². The molecule has 1 aliphatic heterocycles. The zero-order valence-corrected chi connectivity index (χ0v) is 11.9. The van der Waals surface area contributed by atoms with Crippen LogP contribution in [0.15, 0.2) is 28.7 Å². The highest BCUT2D eigenvalue weighted by Gasteiger charge is 2.18. The molecular weight excluding hydrogens is 296 g/mol. The summed E-state index contributed by atoms with van der Waals surface area (Å²) in [5.41, 5.74) is 1.08. The van der Waals surface area contributed by atoms with Gasteiger partial charge in [-0.15, -0.1) is 0 Å². The highest BCUT2D eigenvalue weighted by molar-refractivity contribution is 9.10. The van der Waals surface area contributed by atoms with Crippen molar-refractivity contribution >= 4 is 22.0 Å². The van der Waals surface area contributed by atoms with E-state index >= 15 is 0 Å². The van der Waals surface area contributed by atoms with Crippen molar-refractivity contribution in [1.82, 2.24) is 10.6 Å². The number of carbonyl (C=O) groups excluding carboxylic acids is 1. The number of benzene rings is 1. The molecule has 1 heterocycles. The van der Waals surface area contributed by atoms with Crippen LogP contribution in [0.4, 0.5) is 4.79 Å². The van der Waals surface area contributed by atoms with Crippen molar-refractivity contribution in [2.75, 3.05) is 13.2 Å². The standard InChI is InChI=1S/C13H17BrN2O2/c1-9(10-2-4-11(14)5-3-10)15-13(17)16-12-6-7-18-8-12/h2-5,9,12H,6-8H2,1H3,(H2,15,16,17)/t9-,12?/m0/s1. The summed E-state index contributed by atoms with van der Waals surface area (Å²) < 4.78 is 6.25. The van der Waals surface area contributed by atoms with Crippen molar-refractivity contribution in [2.24, 2.45) is 0 Å². The van der Waals surface area contributed by atoms with Gasteiger partial charge in [0, 0.05) is 11.1 Å². The lowest BCUT2D eigenvalue weighted by molar-refractivity contribution is 0.188. The lowest BCUT2D eigenvalue weighted by atomic mass is 10.1. The first kappa shape index (κ1) is 13.4. The molecule has 2 rings (SSSR count). The molecule has 1 aromatic rings. The average Bonchev–Trinajstić information content (AvgIpc) is 2.82. The van der Waals surface area contributed by atoms with E-state index in [1.54, 1.807) is 0 Å². The molecule has 0 spiro atoms. The predicted octanol–water partition coefficient (Wildman–Crippen LogP) is 2.60. The molecule has 1 saturated heterocycles. The number of hydrogen-bond donors (Lipinski definition) is 2. The first-order valence-corrected chi connectivity index (χ1v) is 6.84. The number of halogens is 1. The van der Waals surface area contributed by atoms with Gasteiger partial charge in [0.2, 0.25) is 0 Å². The Morgan fingerprint density at radius 2 is 2.17 bits per heavy atom. The molecule has 1 fully saturated rings. The Labute approximate surface area is 115 Å². The average molecular weight is 313 g/mol. The van der Waals surface area contributed by atoms with E-state index in [2.05, 4.69) is 26.6 Å². The second-order valence-electron chi connectivity index (χ2n) is 4.45. The first-order chi connectivity index (χ1) is 8.65. The predicted molar refractivity (Wildman–Crippen MR) is 73.4 cm³/mol.